The maximum Gasteiger partial charge on any atom is 0.576 e. The lowest BCUT2D eigenvalue weighted by Gasteiger charge is -2.02. The molecule has 0 aliphatic heterocycles. The fourth-order valence-corrected chi connectivity index (χ4v) is 2.33. The Kier molecular flexibility index (Phi) is 19.1. The van der Waals surface area contributed by atoms with Crippen molar-refractivity contribution in [1.29, 1.82) is 0 Å². The third kappa shape index (κ3) is 17.5. The predicted octanol–water partition coefficient (Wildman–Crippen LogP) is 0.555. The number of esters is 1. The van der Waals surface area contributed by atoms with Gasteiger partial charge < -0.3 is 22.4 Å². The molecule has 0 aliphatic rings. The van der Waals surface area contributed by atoms with Crippen LogP contribution in [-0.2, 0) is 27.2 Å². The van der Waals surface area contributed by atoms with E-state index in [1.165, 1.54) is 6.08 Å². The van der Waals surface area contributed by atoms with Crippen molar-refractivity contribution in [2.75, 3.05) is 34.5 Å². The Morgan fingerprint density at radius 1 is 1.26 bits per heavy atom. The van der Waals surface area contributed by atoms with Crippen LogP contribution < -0.4 is 0 Å². The summed E-state index contributed by atoms with van der Waals surface area (Å²) in [6, 6.07) is 1.07. The Balaban J connectivity index is 0. The van der Waals surface area contributed by atoms with Crippen LogP contribution >= 0.6 is 0 Å². The number of ether oxygens (including phenoxy) is 1. The van der Waals surface area contributed by atoms with Crippen LogP contribution in [0.15, 0.2) is 12.7 Å². The highest BCUT2D eigenvalue weighted by Crippen LogP contribution is 1.91. The summed E-state index contributed by atoms with van der Waals surface area (Å²) in [5.74, 6) is -0.340. The largest absolute Gasteiger partial charge is 0.576 e. The molecule has 0 unspecified atom stereocenters. The summed E-state index contributed by atoms with van der Waals surface area (Å²) >= 11 is 0. The monoisotopic (exact) mass is 309 g/mol. The first kappa shape index (κ1) is 20.8. The lowest BCUT2D eigenvalue weighted by molar-refractivity contribution is -0.137. The smallest absolute Gasteiger partial charge is 0.463 e. The van der Waals surface area contributed by atoms with Crippen molar-refractivity contribution < 1.29 is 27.2 Å². The van der Waals surface area contributed by atoms with Gasteiger partial charge in [-0.2, -0.15) is 0 Å². The summed E-state index contributed by atoms with van der Waals surface area (Å²) in [6.45, 7) is 6.58. The van der Waals surface area contributed by atoms with Crippen LogP contribution in [0.4, 0.5) is 0 Å². The Morgan fingerprint density at radius 2 is 1.84 bits per heavy atom. The molecule has 8 heteroatoms. The molecule has 0 rings (SSSR count). The topological polar surface area (TPSA) is 63.2 Å². The summed E-state index contributed by atoms with van der Waals surface area (Å²) < 4.78 is 24.1. The normalized spacial score (nSPS) is 10.4. The van der Waals surface area contributed by atoms with E-state index < -0.39 is 9.53 Å². The van der Waals surface area contributed by atoms with Crippen LogP contribution in [0.5, 0.6) is 0 Å². The van der Waals surface area contributed by atoms with Crippen LogP contribution in [0.2, 0.25) is 6.04 Å². The first-order valence-corrected chi connectivity index (χ1v) is 8.82. The van der Waals surface area contributed by atoms with Crippen molar-refractivity contribution in [3.05, 3.63) is 12.7 Å². The second kappa shape index (κ2) is 17.5. The molecule has 0 aromatic rings. The molecule has 0 aromatic carbocycles. The van der Waals surface area contributed by atoms with Gasteiger partial charge in [0.2, 0.25) is 0 Å². The molecule has 0 spiro atoms. The highest BCUT2D eigenvalue weighted by Gasteiger charge is 2.09. The minimum absolute atomic E-state index is 0.340. The van der Waals surface area contributed by atoms with E-state index in [0.29, 0.717) is 6.61 Å². The highest BCUT2D eigenvalue weighted by atomic mass is 28.3. The van der Waals surface area contributed by atoms with Gasteiger partial charge in [0.25, 0.3) is 0 Å². The molecule has 1 radical (unpaired) electrons. The van der Waals surface area contributed by atoms with Gasteiger partial charge in [0.05, 0.1) is 6.61 Å². The zero-order valence-electron chi connectivity index (χ0n) is 12.3. The molecule has 19 heavy (non-hydrogen) atoms. The average Bonchev–Trinajstić information content (AvgIpc) is 2.45. The van der Waals surface area contributed by atoms with Crippen LogP contribution in [0, 0.1) is 0 Å². The molecule has 113 valence electrons. The Labute approximate surface area is 119 Å². The van der Waals surface area contributed by atoms with Crippen molar-refractivity contribution in [3.63, 3.8) is 0 Å². The lowest BCUT2D eigenvalue weighted by atomic mass is 10.5. The molecule has 0 aromatic heterocycles. The Hall–Kier alpha value is -0.516. The molecule has 0 fully saturated rings. The quantitative estimate of drug-likeness (QED) is 0.254. The Bertz CT molecular complexity index is 206. The van der Waals surface area contributed by atoms with E-state index in [2.05, 4.69) is 6.58 Å². The molecular weight excluding hydrogens is 284 g/mol. The molecule has 6 nitrogen and oxygen atoms in total. The van der Waals surface area contributed by atoms with Gasteiger partial charge in [0.1, 0.15) is 0 Å². The SMILES string of the molecule is C=CC(=O)OCCC[SiH2]OCC.CO[Si](OC)OC. The van der Waals surface area contributed by atoms with E-state index in [1.807, 2.05) is 6.92 Å². The van der Waals surface area contributed by atoms with Gasteiger partial charge in [-0.05, 0) is 19.4 Å². The lowest BCUT2D eigenvalue weighted by Crippen LogP contribution is -2.21. The standard InChI is InChI=1S/C8H16O3Si.C3H9O3Si/c1-3-8(9)10-6-5-7-12-11-4-2;1-4-7(5-2)6-3/h3H,1,4-7,12H2,2H3;1-3H3. The molecule has 0 atom stereocenters. The van der Waals surface area contributed by atoms with Crippen molar-refractivity contribution in [1.82, 2.24) is 0 Å². The number of hydrogen-bond acceptors (Lipinski definition) is 6. The van der Waals surface area contributed by atoms with E-state index in [-0.39, 0.29) is 15.7 Å². The van der Waals surface area contributed by atoms with Gasteiger partial charge in [0.15, 0.2) is 9.76 Å². The molecular formula is C11H25O6Si2. The molecule has 0 saturated heterocycles. The van der Waals surface area contributed by atoms with Crippen LogP contribution in [0.3, 0.4) is 0 Å². The van der Waals surface area contributed by atoms with E-state index in [4.69, 9.17) is 22.4 Å². The van der Waals surface area contributed by atoms with Gasteiger partial charge in [-0.25, -0.2) is 4.79 Å². The minimum atomic E-state index is -1.36. The predicted molar refractivity (Wildman–Crippen MR) is 77.5 cm³/mol. The van der Waals surface area contributed by atoms with Gasteiger partial charge >= 0.3 is 15.5 Å². The van der Waals surface area contributed by atoms with E-state index in [1.54, 1.807) is 21.3 Å². The highest BCUT2D eigenvalue weighted by molar-refractivity contribution is 6.36. The molecule has 0 bridgehead atoms. The van der Waals surface area contributed by atoms with Gasteiger partial charge in [-0.15, -0.1) is 0 Å². The Morgan fingerprint density at radius 3 is 2.21 bits per heavy atom. The van der Waals surface area contributed by atoms with E-state index in [9.17, 15) is 4.79 Å². The van der Waals surface area contributed by atoms with Crippen molar-refractivity contribution >= 4 is 25.3 Å². The zero-order chi connectivity index (χ0) is 14.9. The summed E-state index contributed by atoms with van der Waals surface area (Å²) in [7, 11) is 2.95. The fraction of sp³-hybridized carbons (Fsp3) is 0.727. The zero-order valence-corrected chi connectivity index (χ0v) is 14.7. The number of hydrogen-bond donors (Lipinski definition) is 0. The molecule has 0 saturated carbocycles. The van der Waals surface area contributed by atoms with Crippen LogP contribution in [0.25, 0.3) is 0 Å². The molecule has 0 heterocycles. The summed E-state index contributed by atoms with van der Waals surface area (Å²) in [5.41, 5.74) is 0. The maximum absolute atomic E-state index is 10.5. The van der Waals surface area contributed by atoms with E-state index >= 15 is 0 Å². The minimum Gasteiger partial charge on any atom is -0.463 e. The first-order valence-electron chi connectivity index (χ1n) is 6.02. The van der Waals surface area contributed by atoms with Crippen molar-refractivity contribution in [2.45, 2.75) is 19.4 Å². The van der Waals surface area contributed by atoms with Crippen LogP contribution in [0.1, 0.15) is 13.3 Å². The third-order valence-electron chi connectivity index (χ3n) is 1.80. The van der Waals surface area contributed by atoms with Gasteiger partial charge in [0, 0.05) is 34.0 Å². The first-order chi connectivity index (χ1) is 9.15. The number of carbonyl (C=O) groups is 1. The second-order valence-electron chi connectivity index (χ2n) is 3.14. The second-order valence-corrected chi connectivity index (χ2v) is 6.39. The fourth-order valence-electron chi connectivity index (χ4n) is 0.932. The van der Waals surface area contributed by atoms with Crippen molar-refractivity contribution in [2.24, 2.45) is 0 Å². The van der Waals surface area contributed by atoms with Crippen molar-refractivity contribution in [3.8, 4) is 0 Å². The van der Waals surface area contributed by atoms with Gasteiger partial charge in [-0.1, -0.05) is 6.58 Å². The third-order valence-corrected chi connectivity index (χ3v) is 4.28. The average molecular weight is 309 g/mol. The summed E-state index contributed by atoms with van der Waals surface area (Å²) in [6.07, 6.45) is 2.09. The molecule has 0 N–H and O–H groups in total. The summed E-state index contributed by atoms with van der Waals surface area (Å²) in [4.78, 5) is 10.5. The number of rotatable bonds is 10. The summed E-state index contributed by atoms with van der Waals surface area (Å²) in [5, 5.41) is 0. The number of carbonyl (C=O) groups excluding carboxylic acids is 1. The van der Waals surface area contributed by atoms with Gasteiger partial charge in [-0.3, -0.25) is 0 Å². The maximum atomic E-state index is 10.5. The van der Waals surface area contributed by atoms with Crippen LogP contribution in [-0.4, -0.2) is 59.8 Å². The van der Waals surface area contributed by atoms with E-state index in [0.717, 1.165) is 19.1 Å². The molecule has 0 aliphatic carbocycles. The molecule has 0 amide bonds.